The molecule has 0 spiro atoms. The number of carbonyl (C=O) groups is 3. The van der Waals surface area contributed by atoms with E-state index in [4.69, 9.17) is 19.3 Å². The van der Waals surface area contributed by atoms with E-state index in [1.165, 1.54) is 0 Å². The van der Waals surface area contributed by atoms with Crippen LogP contribution in [0.15, 0.2) is 24.3 Å². The molecule has 0 bridgehead atoms. The van der Waals surface area contributed by atoms with Crippen molar-refractivity contribution in [1.29, 1.82) is 0 Å². The first-order chi connectivity index (χ1) is 17.7. The Labute approximate surface area is 219 Å². The molecule has 1 aliphatic carbocycles. The maximum Gasteiger partial charge on any atom is 0.509 e. The summed E-state index contributed by atoms with van der Waals surface area (Å²) in [6.07, 6.45) is 9.94. The van der Waals surface area contributed by atoms with Gasteiger partial charge in [0.05, 0.1) is 18.3 Å². The minimum Gasteiger partial charge on any atom is -0.463 e. The van der Waals surface area contributed by atoms with Crippen molar-refractivity contribution >= 4 is 18.1 Å². The topological polar surface area (TPSA) is 149 Å². The molecule has 0 aromatic carbocycles. The van der Waals surface area contributed by atoms with E-state index in [0.717, 1.165) is 19.3 Å². The van der Waals surface area contributed by atoms with E-state index in [-0.39, 0.29) is 30.3 Å². The second-order valence-electron chi connectivity index (χ2n) is 9.47. The van der Waals surface area contributed by atoms with Gasteiger partial charge in [0.2, 0.25) is 0 Å². The third-order valence-electron chi connectivity index (χ3n) is 6.02. The third-order valence-corrected chi connectivity index (χ3v) is 6.02. The smallest absolute Gasteiger partial charge is 0.463 e. The van der Waals surface area contributed by atoms with E-state index in [1.54, 1.807) is 26.0 Å². The van der Waals surface area contributed by atoms with Gasteiger partial charge in [0, 0.05) is 24.7 Å². The molecule has 37 heavy (non-hydrogen) atoms. The van der Waals surface area contributed by atoms with Crippen LogP contribution in [0, 0.1) is 11.8 Å². The molecule has 1 rings (SSSR count). The molecule has 0 aromatic heterocycles. The quantitative estimate of drug-likeness (QED) is 0.0841. The summed E-state index contributed by atoms with van der Waals surface area (Å²) < 4.78 is 19.6. The van der Waals surface area contributed by atoms with Crippen molar-refractivity contribution in [3.05, 3.63) is 24.3 Å². The molecule has 0 amide bonds. The van der Waals surface area contributed by atoms with Crippen LogP contribution in [0.2, 0.25) is 0 Å². The van der Waals surface area contributed by atoms with Gasteiger partial charge in [-0.3, -0.25) is 4.79 Å². The Kier molecular flexibility index (Phi) is 16.5. The van der Waals surface area contributed by atoms with E-state index >= 15 is 0 Å². The standard InChI is InChI=1S/C27H44O10/c1-4-5-8-11-20(29)14-15-21-22(12-9-6-7-10-13-25(31)36-19(2)3)24(16-23(21)30)37-27(33)34-17-26(32)35-18-28/h6,9,14-15,19-24,28-30H,4-5,7-8,10-13,16-18H2,1-3H3/b9-6-,15-14+/t20-,21+,22+,23+,24-/m0/s1. The average Bonchev–Trinajstić information content (AvgIpc) is 3.12. The second-order valence-corrected chi connectivity index (χ2v) is 9.47. The lowest BCUT2D eigenvalue weighted by atomic mass is 9.89. The van der Waals surface area contributed by atoms with E-state index in [1.807, 2.05) is 12.2 Å². The number of rotatable bonds is 17. The molecule has 1 fully saturated rings. The van der Waals surface area contributed by atoms with Crippen molar-refractivity contribution in [3.8, 4) is 0 Å². The first-order valence-corrected chi connectivity index (χ1v) is 13.2. The van der Waals surface area contributed by atoms with Gasteiger partial charge in [-0.25, -0.2) is 9.59 Å². The van der Waals surface area contributed by atoms with E-state index in [0.29, 0.717) is 32.1 Å². The largest absolute Gasteiger partial charge is 0.509 e. The van der Waals surface area contributed by atoms with Crippen molar-refractivity contribution in [3.63, 3.8) is 0 Å². The monoisotopic (exact) mass is 528 g/mol. The number of ether oxygens (including phenoxy) is 4. The normalized spacial score (nSPS) is 22.5. The lowest BCUT2D eigenvalue weighted by Gasteiger charge is -2.22. The first-order valence-electron chi connectivity index (χ1n) is 13.2. The number of carbonyl (C=O) groups excluding carboxylic acids is 3. The molecule has 1 saturated carbocycles. The maximum atomic E-state index is 12.1. The summed E-state index contributed by atoms with van der Waals surface area (Å²) in [6, 6.07) is 0. The SMILES string of the molecule is CCCCC[C@H](O)/C=C/[C@@H]1[C@@H](C/C=C\CCCC(=O)OC(C)C)[C@@H](OC(=O)OCC(=O)OCO)C[C@H]1O. The number of aliphatic hydroxyl groups is 3. The van der Waals surface area contributed by atoms with Gasteiger partial charge in [-0.15, -0.1) is 0 Å². The summed E-state index contributed by atoms with van der Waals surface area (Å²) in [5.41, 5.74) is 0. The van der Waals surface area contributed by atoms with Crippen molar-refractivity contribution in [1.82, 2.24) is 0 Å². The van der Waals surface area contributed by atoms with Gasteiger partial charge >= 0.3 is 18.1 Å². The molecule has 0 heterocycles. The Morgan fingerprint density at radius 3 is 2.49 bits per heavy atom. The van der Waals surface area contributed by atoms with Gasteiger partial charge in [-0.05, 0) is 39.5 Å². The molecule has 0 aromatic rings. The van der Waals surface area contributed by atoms with Gasteiger partial charge in [-0.1, -0.05) is 50.5 Å². The average molecular weight is 529 g/mol. The Morgan fingerprint density at radius 1 is 1.05 bits per heavy atom. The molecule has 0 saturated heterocycles. The lowest BCUT2D eigenvalue weighted by Crippen LogP contribution is -2.27. The van der Waals surface area contributed by atoms with Crippen LogP contribution in [0.3, 0.4) is 0 Å². The number of hydrogen-bond donors (Lipinski definition) is 3. The van der Waals surface area contributed by atoms with Crippen molar-refractivity contribution in [2.24, 2.45) is 11.8 Å². The van der Waals surface area contributed by atoms with Crippen LogP contribution < -0.4 is 0 Å². The zero-order chi connectivity index (χ0) is 27.6. The number of aliphatic hydroxyl groups excluding tert-OH is 3. The number of unbranched alkanes of at least 4 members (excludes halogenated alkanes) is 3. The summed E-state index contributed by atoms with van der Waals surface area (Å²) in [4.78, 5) is 35.1. The van der Waals surface area contributed by atoms with Crippen LogP contribution in [0.1, 0.15) is 78.6 Å². The van der Waals surface area contributed by atoms with E-state index in [2.05, 4.69) is 11.7 Å². The second kappa shape index (κ2) is 18.8. The Hall–Kier alpha value is -2.43. The number of hydrogen-bond acceptors (Lipinski definition) is 10. The summed E-state index contributed by atoms with van der Waals surface area (Å²) in [5, 5.41) is 29.5. The molecule has 0 aliphatic heterocycles. The zero-order valence-electron chi connectivity index (χ0n) is 22.3. The lowest BCUT2D eigenvalue weighted by molar-refractivity contribution is -0.156. The third kappa shape index (κ3) is 14.2. The van der Waals surface area contributed by atoms with Gasteiger partial charge in [0.1, 0.15) is 6.10 Å². The van der Waals surface area contributed by atoms with Gasteiger partial charge < -0.3 is 34.3 Å². The minimum absolute atomic E-state index is 0.143. The van der Waals surface area contributed by atoms with Crippen LogP contribution in [0.4, 0.5) is 4.79 Å². The van der Waals surface area contributed by atoms with Crippen LogP contribution >= 0.6 is 0 Å². The zero-order valence-corrected chi connectivity index (χ0v) is 22.3. The summed E-state index contributed by atoms with van der Waals surface area (Å²) >= 11 is 0. The molecule has 212 valence electrons. The molecule has 1 aliphatic rings. The molecule has 10 heteroatoms. The van der Waals surface area contributed by atoms with Crippen molar-refractivity contribution in [2.45, 2.75) is 103 Å². The number of allylic oxidation sites excluding steroid dienone is 2. The van der Waals surface area contributed by atoms with Crippen molar-refractivity contribution < 1.29 is 48.7 Å². The summed E-state index contributed by atoms with van der Waals surface area (Å²) in [7, 11) is 0. The van der Waals surface area contributed by atoms with Crippen LogP contribution in [-0.2, 0) is 28.5 Å². The first kappa shape index (κ1) is 32.6. The highest BCUT2D eigenvalue weighted by Gasteiger charge is 2.43. The maximum absolute atomic E-state index is 12.1. The van der Waals surface area contributed by atoms with E-state index in [9.17, 15) is 24.6 Å². The van der Waals surface area contributed by atoms with Gasteiger partial charge in [0.15, 0.2) is 13.4 Å². The fourth-order valence-electron chi connectivity index (χ4n) is 4.22. The fourth-order valence-corrected chi connectivity index (χ4v) is 4.22. The molecular formula is C27H44O10. The Morgan fingerprint density at radius 2 is 1.81 bits per heavy atom. The van der Waals surface area contributed by atoms with Crippen LogP contribution in [-0.4, -0.2) is 71.2 Å². The predicted octanol–water partition coefficient (Wildman–Crippen LogP) is 3.56. The molecule has 10 nitrogen and oxygen atoms in total. The highest BCUT2D eigenvalue weighted by atomic mass is 16.7. The predicted molar refractivity (Wildman–Crippen MR) is 135 cm³/mol. The van der Waals surface area contributed by atoms with E-state index < -0.39 is 43.8 Å². The molecule has 0 unspecified atom stereocenters. The Bertz CT molecular complexity index is 733. The fraction of sp³-hybridized carbons (Fsp3) is 0.741. The molecule has 5 atom stereocenters. The Balaban J connectivity index is 2.75. The molecule has 3 N–H and O–H groups in total. The summed E-state index contributed by atoms with van der Waals surface area (Å²) in [5.74, 6) is -1.79. The molecule has 0 radical (unpaired) electrons. The van der Waals surface area contributed by atoms with Crippen LogP contribution in [0.25, 0.3) is 0 Å². The van der Waals surface area contributed by atoms with Gasteiger partial charge in [-0.2, -0.15) is 0 Å². The minimum atomic E-state index is -1.08. The highest BCUT2D eigenvalue weighted by Crippen LogP contribution is 2.38. The highest BCUT2D eigenvalue weighted by molar-refractivity contribution is 5.73. The van der Waals surface area contributed by atoms with Crippen LogP contribution in [0.5, 0.6) is 0 Å². The van der Waals surface area contributed by atoms with Gasteiger partial charge in [0.25, 0.3) is 0 Å². The number of esters is 2. The van der Waals surface area contributed by atoms with Crippen molar-refractivity contribution in [2.75, 3.05) is 13.4 Å². The molecular weight excluding hydrogens is 484 g/mol. The summed E-state index contributed by atoms with van der Waals surface area (Å²) in [6.45, 7) is 4.17.